The molecular weight excluding hydrogens is 288 g/mol. The van der Waals surface area contributed by atoms with Gasteiger partial charge in [0.15, 0.2) is 11.5 Å². The molecule has 120 valence electrons. The molecule has 1 heterocycles. The number of nitrogens with two attached hydrogens (primary N) is 1. The van der Waals surface area contributed by atoms with Crippen LogP contribution in [0.2, 0.25) is 0 Å². The highest BCUT2D eigenvalue weighted by Crippen LogP contribution is 2.31. The molecule has 3 rings (SSSR count). The summed E-state index contributed by atoms with van der Waals surface area (Å²) in [6, 6.07) is 16.1. The Bertz CT molecular complexity index is 821. The molecule has 0 radical (unpaired) electrons. The Labute approximate surface area is 136 Å². The van der Waals surface area contributed by atoms with Gasteiger partial charge in [0.1, 0.15) is 6.61 Å². The lowest BCUT2D eigenvalue weighted by molar-refractivity contribution is 0.274. The van der Waals surface area contributed by atoms with E-state index in [0.29, 0.717) is 12.6 Å². The number of aromatic nitrogens is 1. The van der Waals surface area contributed by atoms with Gasteiger partial charge in [-0.2, -0.15) is 0 Å². The van der Waals surface area contributed by atoms with E-state index in [2.05, 4.69) is 30.5 Å². The zero-order valence-electron chi connectivity index (χ0n) is 13.7. The van der Waals surface area contributed by atoms with Crippen molar-refractivity contribution < 1.29 is 9.47 Å². The van der Waals surface area contributed by atoms with Crippen LogP contribution in [0.15, 0.2) is 48.5 Å². The molecule has 0 amide bonds. The van der Waals surface area contributed by atoms with Gasteiger partial charge in [-0.3, -0.25) is 0 Å². The van der Waals surface area contributed by atoms with Gasteiger partial charge in [-0.05, 0) is 38.1 Å². The van der Waals surface area contributed by atoms with Gasteiger partial charge < -0.3 is 19.8 Å². The van der Waals surface area contributed by atoms with Gasteiger partial charge >= 0.3 is 0 Å². The van der Waals surface area contributed by atoms with Crippen LogP contribution >= 0.6 is 0 Å². The number of rotatable bonds is 5. The van der Waals surface area contributed by atoms with Gasteiger partial charge in [-0.1, -0.05) is 24.3 Å². The van der Waals surface area contributed by atoms with Crippen LogP contribution in [-0.2, 0) is 6.61 Å². The molecule has 0 aliphatic heterocycles. The number of anilines is 1. The van der Waals surface area contributed by atoms with Crippen molar-refractivity contribution in [3.63, 3.8) is 0 Å². The predicted octanol–water partition coefficient (Wildman–Crippen LogP) is 4.39. The topological polar surface area (TPSA) is 49.4 Å². The number of nitrogens with zero attached hydrogens (tertiary/aromatic N) is 1. The van der Waals surface area contributed by atoms with Gasteiger partial charge in [0.05, 0.1) is 24.0 Å². The Morgan fingerprint density at radius 3 is 2.48 bits per heavy atom. The van der Waals surface area contributed by atoms with Crippen molar-refractivity contribution in [2.45, 2.75) is 26.5 Å². The summed E-state index contributed by atoms with van der Waals surface area (Å²) >= 11 is 0. The molecule has 1 aromatic heterocycles. The van der Waals surface area contributed by atoms with E-state index in [-0.39, 0.29) is 0 Å². The Morgan fingerprint density at radius 1 is 1.04 bits per heavy atom. The average molecular weight is 310 g/mol. The zero-order chi connectivity index (χ0) is 16.4. The van der Waals surface area contributed by atoms with E-state index in [1.807, 2.05) is 36.4 Å². The van der Waals surface area contributed by atoms with E-state index in [1.54, 1.807) is 7.11 Å². The van der Waals surface area contributed by atoms with Crippen molar-refractivity contribution in [3.05, 3.63) is 54.2 Å². The summed E-state index contributed by atoms with van der Waals surface area (Å²) < 4.78 is 13.6. The molecule has 2 N–H and O–H groups in total. The van der Waals surface area contributed by atoms with Crippen molar-refractivity contribution >= 4 is 16.6 Å². The first-order chi connectivity index (χ1) is 11.1. The van der Waals surface area contributed by atoms with Crippen molar-refractivity contribution in [1.29, 1.82) is 0 Å². The fourth-order valence-electron chi connectivity index (χ4n) is 2.96. The maximum absolute atomic E-state index is 6.18. The Hall–Kier alpha value is -2.62. The molecule has 23 heavy (non-hydrogen) atoms. The van der Waals surface area contributed by atoms with Crippen LogP contribution in [0.3, 0.4) is 0 Å². The maximum atomic E-state index is 6.18. The lowest BCUT2D eigenvalue weighted by Crippen LogP contribution is -2.09. The second-order valence-electron chi connectivity index (χ2n) is 5.82. The molecule has 0 atom stereocenters. The monoisotopic (exact) mass is 310 g/mol. The molecule has 0 bridgehead atoms. The molecule has 0 saturated heterocycles. The number of para-hydroxylation sites is 3. The lowest BCUT2D eigenvalue weighted by Gasteiger charge is -2.17. The highest BCUT2D eigenvalue weighted by atomic mass is 16.5. The molecule has 0 fully saturated rings. The molecule has 0 spiro atoms. The Kier molecular flexibility index (Phi) is 4.15. The standard InChI is InChI=1S/C19H22N2O2/c1-13(2)21-15(11-14-7-6-8-16(20)19(14)21)12-23-18-10-5-4-9-17(18)22-3/h4-11,13H,12,20H2,1-3H3. The number of nitrogen functional groups attached to an aromatic ring is 1. The third-order valence-corrected chi connectivity index (χ3v) is 3.93. The SMILES string of the molecule is COc1ccccc1OCc1cc2cccc(N)c2n1C(C)C. The number of methoxy groups -OCH3 is 1. The molecule has 0 aliphatic rings. The van der Waals surface area contributed by atoms with Crippen molar-refractivity contribution in [1.82, 2.24) is 4.57 Å². The third kappa shape index (κ3) is 2.84. The summed E-state index contributed by atoms with van der Waals surface area (Å²) in [5, 5.41) is 1.14. The van der Waals surface area contributed by atoms with Gasteiger partial charge in [-0.15, -0.1) is 0 Å². The lowest BCUT2D eigenvalue weighted by atomic mass is 10.2. The largest absolute Gasteiger partial charge is 0.493 e. The highest BCUT2D eigenvalue weighted by molar-refractivity contribution is 5.91. The molecule has 4 heteroatoms. The van der Waals surface area contributed by atoms with Crippen molar-refractivity contribution in [2.24, 2.45) is 0 Å². The second kappa shape index (κ2) is 6.24. The summed E-state index contributed by atoms with van der Waals surface area (Å²) in [6.07, 6.45) is 0. The first-order valence-corrected chi connectivity index (χ1v) is 7.76. The number of hydrogen-bond acceptors (Lipinski definition) is 3. The minimum Gasteiger partial charge on any atom is -0.493 e. The van der Waals surface area contributed by atoms with Gasteiger partial charge in [0, 0.05) is 11.4 Å². The molecule has 2 aromatic carbocycles. The minimum absolute atomic E-state index is 0.300. The maximum Gasteiger partial charge on any atom is 0.161 e. The van der Waals surface area contributed by atoms with Crippen LogP contribution in [0.5, 0.6) is 11.5 Å². The zero-order valence-corrected chi connectivity index (χ0v) is 13.7. The van der Waals surface area contributed by atoms with Crippen LogP contribution in [0, 0.1) is 0 Å². The first-order valence-electron chi connectivity index (χ1n) is 7.76. The Balaban J connectivity index is 1.97. The first kappa shape index (κ1) is 15.3. The molecule has 0 unspecified atom stereocenters. The van der Waals surface area contributed by atoms with E-state index in [9.17, 15) is 0 Å². The van der Waals surface area contributed by atoms with Crippen LogP contribution < -0.4 is 15.2 Å². The summed E-state index contributed by atoms with van der Waals surface area (Å²) in [7, 11) is 1.65. The predicted molar refractivity (Wildman–Crippen MR) is 94.1 cm³/mol. The van der Waals surface area contributed by atoms with E-state index in [4.69, 9.17) is 15.2 Å². The molecule has 3 aromatic rings. The van der Waals surface area contributed by atoms with Crippen molar-refractivity contribution in [3.8, 4) is 11.5 Å². The fraction of sp³-hybridized carbons (Fsp3) is 0.263. The third-order valence-electron chi connectivity index (χ3n) is 3.93. The summed E-state index contributed by atoms with van der Waals surface area (Å²) in [5.41, 5.74) is 9.14. The number of hydrogen-bond donors (Lipinski definition) is 1. The van der Waals surface area contributed by atoms with Gasteiger partial charge in [0.2, 0.25) is 0 Å². The summed E-state index contributed by atoms with van der Waals surface area (Å²) in [5.74, 6) is 1.47. The number of fused-ring (bicyclic) bond motifs is 1. The summed E-state index contributed by atoms with van der Waals surface area (Å²) in [4.78, 5) is 0. The average Bonchev–Trinajstić information content (AvgIpc) is 2.93. The second-order valence-corrected chi connectivity index (χ2v) is 5.82. The number of ether oxygens (including phenoxy) is 2. The van der Waals surface area contributed by atoms with Crippen LogP contribution in [0.4, 0.5) is 5.69 Å². The fourth-order valence-corrected chi connectivity index (χ4v) is 2.96. The molecule has 4 nitrogen and oxygen atoms in total. The minimum atomic E-state index is 0.300. The quantitative estimate of drug-likeness (QED) is 0.711. The van der Waals surface area contributed by atoms with Crippen molar-refractivity contribution in [2.75, 3.05) is 12.8 Å². The van der Waals surface area contributed by atoms with E-state index < -0.39 is 0 Å². The molecule has 0 saturated carbocycles. The molecular formula is C19H22N2O2. The normalized spacial score (nSPS) is 11.1. The van der Waals surface area contributed by atoms with Gasteiger partial charge in [-0.25, -0.2) is 0 Å². The van der Waals surface area contributed by atoms with E-state index in [1.165, 1.54) is 0 Å². The smallest absolute Gasteiger partial charge is 0.161 e. The van der Waals surface area contributed by atoms with Crippen LogP contribution in [-0.4, -0.2) is 11.7 Å². The van der Waals surface area contributed by atoms with E-state index in [0.717, 1.165) is 33.8 Å². The number of benzene rings is 2. The Morgan fingerprint density at radius 2 is 1.78 bits per heavy atom. The van der Waals surface area contributed by atoms with Crippen LogP contribution in [0.25, 0.3) is 10.9 Å². The summed E-state index contributed by atoms with van der Waals surface area (Å²) in [6.45, 7) is 4.77. The molecule has 0 aliphatic carbocycles. The van der Waals surface area contributed by atoms with Gasteiger partial charge in [0.25, 0.3) is 0 Å². The van der Waals surface area contributed by atoms with E-state index >= 15 is 0 Å². The highest BCUT2D eigenvalue weighted by Gasteiger charge is 2.14. The van der Waals surface area contributed by atoms with Crippen LogP contribution in [0.1, 0.15) is 25.6 Å².